The molecule has 124 valence electrons. The van der Waals surface area contributed by atoms with Crippen LogP contribution in [-0.2, 0) is 12.6 Å². The fourth-order valence-corrected chi connectivity index (χ4v) is 2.95. The van der Waals surface area contributed by atoms with E-state index >= 15 is 0 Å². The maximum atomic E-state index is 13.3. The van der Waals surface area contributed by atoms with Gasteiger partial charge in [0.2, 0.25) is 0 Å². The van der Waals surface area contributed by atoms with E-state index in [0.29, 0.717) is 12.8 Å². The average molecular weight is 429 g/mol. The predicted molar refractivity (Wildman–Crippen MR) is 87.1 cm³/mol. The molecule has 0 bridgehead atoms. The van der Waals surface area contributed by atoms with E-state index in [-0.39, 0.29) is 33.5 Å². The minimum atomic E-state index is -4.50. The zero-order valence-electron chi connectivity index (χ0n) is 12.5. The topological polar surface area (TPSA) is 52.3 Å². The highest BCUT2D eigenvalue weighted by Gasteiger charge is 2.37. The summed E-state index contributed by atoms with van der Waals surface area (Å²) in [6.07, 6.45) is -2.29. The Labute approximate surface area is 141 Å². The van der Waals surface area contributed by atoms with E-state index in [1.807, 2.05) is 6.92 Å². The number of rotatable bonds is 7. The van der Waals surface area contributed by atoms with Gasteiger partial charge in [-0.3, -0.25) is 4.79 Å². The highest BCUT2D eigenvalue weighted by atomic mass is 127. The Morgan fingerprint density at radius 2 is 1.95 bits per heavy atom. The lowest BCUT2D eigenvalue weighted by molar-refractivity contribution is -0.138. The van der Waals surface area contributed by atoms with Crippen LogP contribution in [-0.4, -0.2) is 12.5 Å². The molecule has 1 aromatic carbocycles. The van der Waals surface area contributed by atoms with Crippen LogP contribution in [0.1, 0.15) is 54.6 Å². The molecule has 2 N–H and O–H groups in total. The van der Waals surface area contributed by atoms with Crippen molar-refractivity contribution in [3.05, 3.63) is 26.3 Å². The minimum absolute atomic E-state index is 0.0120. The summed E-state index contributed by atoms with van der Waals surface area (Å²) < 4.78 is 45.5. The number of hydrogen-bond donors (Lipinski definition) is 1. The van der Waals surface area contributed by atoms with Crippen molar-refractivity contribution in [1.82, 2.24) is 0 Å². The van der Waals surface area contributed by atoms with Crippen LogP contribution >= 0.6 is 22.6 Å². The first-order valence-electron chi connectivity index (χ1n) is 7.09. The van der Waals surface area contributed by atoms with Gasteiger partial charge in [-0.2, -0.15) is 13.2 Å². The van der Waals surface area contributed by atoms with E-state index in [4.69, 9.17) is 10.5 Å². The molecule has 0 aliphatic carbocycles. The Bertz CT molecular complexity index is 545. The molecule has 0 saturated heterocycles. The molecule has 0 aliphatic heterocycles. The second-order valence-electron chi connectivity index (χ2n) is 4.90. The molecule has 0 saturated carbocycles. The highest BCUT2D eigenvalue weighted by molar-refractivity contribution is 14.1. The Morgan fingerprint density at radius 1 is 1.32 bits per heavy atom. The smallest absolute Gasteiger partial charge is 0.416 e. The van der Waals surface area contributed by atoms with Crippen molar-refractivity contribution in [3.63, 3.8) is 0 Å². The summed E-state index contributed by atoms with van der Waals surface area (Å²) in [7, 11) is 0. The fraction of sp³-hybridized carbons (Fsp3) is 0.533. The average Bonchev–Trinajstić information content (AvgIpc) is 2.39. The molecule has 0 heterocycles. The number of nitrogens with two attached hydrogens (primary N) is 1. The van der Waals surface area contributed by atoms with Crippen molar-refractivity contribution < 1.29 is 22.7 Å². The van der Waals surface area contributed by atoms with Crippen molar-refractivity contribution in [2.24, 2.45) is 5.73 Å². The number of benzene rings is 1. The van der Waals surface area contributed by atoms with E-state index in [9.17, 15) is 18.0 Å². The third-order valence-corrected chi connectivity index (χ3v) is 3.98. The summed E-state index contributed by atoms with van der Waals surface area (Å²) in [6.45, 7) is 3.98. The van der Waals surface area contributed by atoms with Gasteiger partial charge in [-0.05, 0) is 41.5 Å². The van der Waals surface area contributed by atoms with Crippen LogP contribution in [0.15, 0.2) is 6.07 Å². The molecule has 3 nitrogen and oxygen atoms in total. The number of ether oxygens (including phenoxy) is 1. The first kappa shape index (κ1) is 19.1. The monoisotopic (exact) mass is 429 g/mol. The molecular formula is C15H19F3INO2. The third-order valence-electron chi connectivity index (χ3n) is 3.13. The molecule has 0 aliphatic rings. The summed E-state index contributed by atoms with van der Waals surface area (Å²) in [5.74, 6) is -0.788. The van der Waals surface area contributed by atoms with Gasteiger partial charge in [0.15, 0.2) is 0 Å². The van der Waals surface area contributed by atoms with Crippen molar-refractivity contribution in [2.45, 2.75) is 45.7 Å². The van der Waals surface area contributed by atoms with Crippen molar-refractivity contribution in [2.75, 3.05) is 6.61 Å². The van der Waals surface area contributed by atoms with Crippen LogP contribution in [0.25, 0.3) is 0 Å². The van der Waals surface area contributed by atoms with Crippen LogP contribution in [0.3, 0.4) is 0 Å². The molecular weight excluding hydrogens is 410 g/mol. The lowest BCUT2D eigenvalue weighted by atomic mass is 9.97. The number of hydrogen-bond acceptors (Lipinski definition) is 2. The Morgan fingerprint density at radius 3 is 2.41 bits per heavy atom. The minimum Gasteiger partial charge on any atom is -0.492 e. The summed E-state index contributed by atoms with van der Waals surface area (Å²) in [5.41, 5.74) is 4.63. The van der Waals surface area contributed by atoms with Gasteiger partial charge in [0, 0.05) is 9.13 Å². The summed E-state index contributed by atoms with van der Waals surface area (Å²) in [4.78, 5) is 11.6. The third kappa shape index (κ3) is 4.50. The number of amides is 1. The van der Waals surface area contributed by atoms with Gasteiger partial charge in [-0.1, -0.05) is 26.7 Å². The lowest BCUT2D eigenvalue weighted by Gasteiger charge is -2.20. The van der Waals surface area contributed by atoms with Crippen molar-refractivity contribution in [3.8, 4) is 5.75 Å². The summed E-state index contributed by atoms with van der Waals surface area (Å²) >= 11 is 1.69. The quantitative estimate of drug-likeness (QED) is 0.511. The SMILES string of the molecule is CCCCOc1c(CCC)c(C(F)(F)F)cc(I)c1C(N)=O. The van der Waals surface area contributed by atoms with Crippen LogP contribution in [0.4, 0.5) is 13.2 Å². The standard InChI is InChI=1S/C15H19F3INO2/c1-3-5-7-22-13-9(6-4-2)10(15(16,17)18)8-11(19)12(13)14(20)21/h8H,3-7H2,1-2H3,(H2,20,21). The van der Waals surface area contributed by atoms with Crippen LogP contribution in [0, 0.1) is 3.57 Å². The maximum Gasteiger partial charge on any atom is 0.416 e. The van der Waals surface area contributed by atoms with Gasteiger partial charge < -0.3 is 10.5 Å². The number of halogens is 4. The van der Waals surface area contributed by atoms with Crippen LogP contribution in [0.2, 0.25) is 0 Å². The zero-order valence-corrected chi connectivity index (χ0v) is 14.7. The van der Waals surface area contributed by atoms with Crippen LogP contribution in [0.5, 0.6) is 5.75 Å². The molecule has 0 radical (unpaired) electrons. The number of primary amides is 1. The van der Waals surface area contributed by atoms with E-state index in [1.54, 1.807) is 29.5 Å². The molecule has 1 aromatic rings. The van der Waals surface area contributed by atoms with E-state index in [0.717, 1.165) is 12.5 Å². The van der Waals surface area contributed by atoms with Gasteiger partial charge in [0.1, 0.15) is 5.75 Å². The lowest BCUT2D eigenvalue weighted by Crippen LogP contribution is -2.20. The molecule has 1 amide bonds. The van der Waals surface area contributed by atoms with Gasteiger partial charge in [0.25, 0.3) is 5.91 Å². The fourth-order valence-electron chi connectivity index (χ4n) is 2.13. The van der Waals surface area contributed by atoms with E-state index in [2.05, 4.69) is 0 Å². The molecule has 7 heteroatoms. The second kappa shape index (κ2) is 8.03. The summed E-state index contributed by atoms with van der Waals surface area (Å²) in [5, 5.41) is 0. The molecule has 0 atom stereocenters. The molecule has 0 aromatic heterocycles. The Balaban J connectivity index is 3.54. The van der Waals surface area contributed by atoms with E-state index in [1.165, 1.54) is 0 Å². The molecule has 1 rings (SSSR count). The van der Waals surface area contributed by atoms with Gasteiger partial charge >= 0.3 is 6.18 Å². The molecule has 0 fully saturated rings. The largest absolute Gasteiger partial charge is 0.492 e. The van der Waals surface area contributed by atoms with Gasteiger partial charge in [-0.15, -0.1) is 0 Å². The zero-order chi connectivity index (χ0) is 16.9. The number of unbranched alkanes of at least 4 members (excludes halogenated alkanes) is 1. The highest BCUT2D eigenvalue weighted by Crippen LogP contribution is 2.40. The Kier molecular flexibility index (Phi) is 6.96. The Hall–Kier alpha value is -0.990. The first-order valence-corrected chi connectivity index (χ1v) is 8.17. The number of carbonyl (C=O) groups is 1. The van der Waals surface area contributed by atoms with Crippen molar-refractivity contribution >= 4 is 28.5 Å². The van der Waals surface area contributed by atoms with Crippen molar-refractivity contribution in [1.29, 1.82) is 0 Å². The second-order valence-corrected chi connectivity index (χ2v) is 6.06. The normalized spacial score (nSPS) is 11.5. The van der Waals surface area contributed by atoms with Gasteiger partial charge in [0.05, 0.1) is 17.7 Å². The first-order chi connectivity index (χ1) is 10.2. The van der Waals surface area contributed by atoms with Gasteiger partial charge in [-0.25, -0.2) is 0 Å². The molecule has 22 heavy (non-hydrogen) atoms. The molecule has 0 spiro atoms. The number of alkyl halides is 3. The number of carbonyl (C=O) groups excluding carboxylic acids is 1. The predicted octanol–water partition coefficient (Wildman–Crippen LogP) is 4.54. The van der Waals surface area contributed by atoms with E-state index < -0.39 is 17.6 Å². The summed E-state index contributed by atoms with van der Waals surface area (Å²) in [6, 6.07) is 0.971. The van der Waals surface area contributed by atoms with Crippen LogP contribution < -0.4 is 10.5 Å². The molecule has 0 unspecified atom stereocenters. The maximum absolute atomic E-state index is 13.3.